The number of rotatable bonds is 4. The second-order valence-corrected chi connectivity index (χ2v) is 6.21. The highest BCUT2D eigenvalue weighted by atomic mass is 16.5. The van der Waals surface area contributed by atoms with E-state index in [1.165, 1.54) is 12.4 Å². The second kappa shape index (κ2) is 7.75. The summed E-state index contributed by atoms with van der Waals surface area (Å²) >= 11 is 0. The third kappa shape index (κ3) is 4.32. The largest absolute Gasteiger partial charge is 0.470 e. The van der Waals surface area contributed by atoms with Crippen molar-refractivity contribution in [2.24, 2.45) is 0 Å². The van der Waals surface area contributed by atoms with Gasteiger partial charge in [-0.3, -0.25) is 4.79 Å². The molecule has 1 atom stereocenters. The molecule has 0 N–H and O–H groups in total. The van der Waals surface area contributed by atoms with Crippen molar-refractivity contribution >= 4 is 5.91 Å². The molecule has 128 valence electrons. The molecule has 6 heteroatoms. The molecule has 2 heterocycles. The van der Waals surface area contributed by atoms with Crippen molar-refractivity contribution in [2.75, 3.05) is 13.1 Å². The van der Waals surface area contributed by atoms with Crippen molar-refractivity contribution in [2.45, 2.75) is 32.3 Å². The fraction of sp³-hybridized carbons (Fsp3) is 0.368. The smallest absolute Gasteiger partial charge is 0.251 e. The van der Waals surface area contributed by atoms with Crippen LogP contribution >= 0.6 is 0 Å². The van der Waals surface area contributed by atoms with E-state index in [2.05, 4.69) is 9.97 Å². The molecule has 1 aromatic carbocycles. The van der Waals surface area contributed by atoms with Crippen LogP contribution in [0.25, 0.3) is 0 Å². The van der Waals surface area contributed by atoms with Crippen LogP contribution in [0.1, 0.15) is 29.7 Å². The van der Waals surface area contributed by atoms with Gasteiger partial charge in [-0.1, -0.05) is 29.8 Å². The first-order chi connectivity index (χ1) is 12.2. The molecule has 0 spiro atoms. The Morgan fingerprint density at radius 1 is 1.40 bits per heavy atom. The quantitative estimate of drug-likeness (QED) is 0.856. The number of benzene rings is 1. The van der Waals surface area contributed by atoms with Gasteiger partial charge in [0.15, 0.2) is 0 Å². The molecule has 1 unspecified atom stereocenters. The minimum Gasteiger partial charge on any atom is -0.470 e. The number of aromatic nitrogens is 2. The molecular weight excluding hydrogens is 316 g/mol. The summed E-state index contributed by atoms with van der Waals surface area (Å²) in [4.78, 5) is 22.5. The Morgan fingerprint density at radius 3 is 3.04 bits per heavy atom. The number of nitriles is 1. The lowest BCUT2D eigenvalue weighted by Crippen LogP contribution is -2.45. The fourth-order valence-electron chi connectivity index (χ4n) is 3.02. The van der Waals surface area contributed by atoms with Crippen molar-refractivity contribution < 1.29 is 9.53 Å². The molecule has 1 saturated heterocycles. The molecule has 1 aliphatic heterocycles. The zero-order chi connectivity index (χ0) is 17.6. The third-order valence-electron chi connectivity index (χ3n) is 4.22. The Morgan fingerprint density at radius 2 is 2.24 bits per heavy atom. The van der Waals surface area contributed by atoms with E-state index in [1.807, 2.05) is 42.2 Å². The maximum absolute atomic E-state index is 12.6. The van der Waals surface area contributed by atoms with Crippen molar-refractivity contribution in [1.82, 2.24) is 14.9 Å². The summed E-state index contributed by atoms with van der Waals surface area (Å²) < 4.78 is 5.84. The number of carbonyl (C=O) groups excluding carboxylic acids is 1. The second-order valence-electron chi connectivity index (χ2n) is 6.21. The number of hydrogen-bond acceptors (Lipinski definition) is 5. The van der Waals surface area contributed by atoms with Gasteiger partial charge in [0, 0.05) is 18.9 Å². The molecule has 1 aliphatic rings. The number of aryl methyl sites for hydroxylation is 1. The van der Waals surface area contributed by atoms with Crippen molar-refractivity contribution in [3.63, 3.8) is 0 Å². The van der Waals surface area contributed by atoms with Gasteiger partial charge in [0.2, 0.25) is 11.6 Å². The van der Waals surface area contributed by atoms with E-state index in [0.29, 0.717) is 13.0 Å². The highest BCUT2D eigenvalue weighted by molar-refractivity contribution is 5.79. The zero-order valence-corrected chi connectivity index (χ0v) is 14.2. The van der Waals surface area contributed by atoms with E-state index in [9.17, 15) is 4.79 Å². The molecule has 0 aliphatic carbocycles. The number of ether oxygens (including phenoxy) is 1. The van der Waals surface area contributed by atoms with E-state index in [0.717, 1.165) is 30.5 Å². The van der Waals surface area contributed by atoms with Gasteiger partial charge < -0.3 is 9.64 Å². The lowest BCUT2D eigenvalue weighted by molar-refractivity contribution is -0.133. The van der Waals surface area contributed by atoms with Gasteiger partial charge in [0.1, 0.15) is 12.2 Å². The highest BCUT2D eigenvalue weighted by Crippen LogP contribution is 2.19. The average molecular weight is 336 g/mol. The number of likely N-dealkylation sites (tertiary alicyclic amines) is 1. The van der Waals surface area contributed by atoms with Gasteiger partial charge in [0.05, 0.1) is 13.0 Å². The van der Waals surface area contributed by atoms with Crippen LogP contribution in [0.3, 0.4) is 0 Å². The number of carbonyl (C=O) groups is 1. The van der Waals surface area contributed by atoms with Crippen LogP contribution in [-0.4, -0.2) is 40.0 Å². The number of hydrogen-bond donors (Lipinski definition) is 0. The van der Waals surface area contributed by atoms with Gasteiger partial charge >= 0.3 is 0 Å². The van der Waals surface area contributed by atoms with Crippen LogP contribution in [0.4, 0.5) is 0 Å². The van der Waals surface area contributed by atoms with Gasteiger partial charge in [-0.25, -0.2) is 9.97 Å². The van der Waals surface area contributed by atoms with Gasteiger partial charge in [-0.05, 0) is 25.3 Å². The topological polar surface area (TPSA) is 79.1 Å². The maximum atomic E-state index is 12.6. The molecule has 0 radical (unpaired) electrons. The lowest BCUT2D eigenvalue weighted by Gasteiger charge is -2.32. The standard InChI is InChI=1S/C19H20N4O2/c1-14-4-2-5-15(10-14)11-18(24)23-9-3-6-16(13-23)25-19-17(12-20)21-7-8-22-19/h2,4-5,7-8,10,16H,3,6,9,11,13H2,1H3. The van der Waals surface area contributed by atoms with Crippen LogP contribution in [0.2, 0.25) is 0 Å². The first kappa shape index (κ1) is 16.9. The predicted octanol–water partition coefficient (Wildman–Crippen LogP) is 2.27. The summed E-state index contributed by atoms with van der Waals surface area (Å²) in [6.45, 7) is 3.26. The van der Waals surface area contributed by atoms with E-state index >= 15 is 0 Å². The average Bonchev–Trinajstić information content (AvgIpc) is 2.62. The van der Waals surface area contributed by atoms with E-state index < -0.39 is 0 Å². The molecular formula is C19H20N4O2. The predicted molar refractivity (Wildman–Crippen MR) is 91.9 cm³/mol. The van der Waals surface area contributed by atoms with E-state index in [-0.39, 0.29) is 23.6 Å². The fourth-order valence-corrected chi connectivity index (χ4v) is 3.02. The van der Waals surface area contributed by atoms with Gasteiger partial charge in [-0.15, -0.1) is 0 Å². The van der Waals surface area contributed by atoms with Crippen LogP contribution < -0.4 is 4.74 Å². The maximum Gasteiger partial charge on any atom is 0.251 e. The van der Waals surface area contributed by atoms with Crippen LogP contribution in [-0.2, 0) is 11.2 Å². The Labute approximate surface area is 147 Å². The summed E-state index contributed by atoms with van der Waals surface area (Å²) in [5.41, 5.74) is 2.34. The minimum absolute atomic E-state index is 0.0959. The SMILES string of the molecule is Cc1cccc(CC(=O)N2CCCC(Oc3nccnc3C#N)C2)c1. The molecule has 2 aromatic rings. The summed E-state index contributed by atoms with van der Waals surface area (Å²) in [7, 11) is 0. The summed E-state index contributed by atoms with van der Waals surface area (Å²) in [5, 5.41) is 9.08. The molecule has 0 bridgehead atoms. The zero-order valence-electron chi connectivity index (χ0n) is 14.2. The molecule has 25 heavy (non-hydrogen) atoms. The molecule has 6 nitrogen and oxygen atoms in total. The van der Waals surface area contributed by atoms with Crippen molar-refractivity contribution in [1.29, 1.82) is 5.26 Å². The van der Waals surface area contributed by atoms with Crippen LogP contribution in [0.5, 0.6) is 5.88 Å². The number of piperidine rings is 1. The first-order valence-electron chi connectivity index (χ1n) is 8.37. The summed E-state index contributed by atoms with van der Waals surface area (Å²) in [5.74, 6) is 0.335. The lowest BCUT2D eigenvalue weighted by atomic mass is 10.1. The molecule has 1 aromatic heterocycles. The highest BCUT2D eigenvalue weighted by Gasteiger charge is 2.26. The van der Waals surface area contributed by atoms with Gasteiger partial charge in [0.25, 0.3) is 5.88 Å². The molecule has 0 saturated carbocycles. The normalized spacial score (nSPS) is 17.0. The molecule has 1 amide bonds. The Bertz CT molecular complexity index is 800. The Kier molecular flexibility index (Phi) is 5.24. The third-order valence-corrected chi connectivity index (χ3v) is 4.22. The van der Waals surface area contributed by atoms with E-state index in [4.69, 9.17) is 10.00 Å². The Hall–Kier alpha value is -2.94. The number of amides is 1. The van der Waals surface area contributed by atoms with Crippen LogP contribution in [0, 0.1) is 18.3 Å². The van der Waals surface area contributed by atoms with E-state index in [1.54, 1.807) is 0 Å². The summed E-state index contributed by atoms with van der Waals surface area (Å²) in [6.07, 6.45) is 4.88. The van der Waals surface area contributed by atoms with Crippen molar-refractivity contribution in [3.05, 3.63) is 53.5 Å². The number of nitrogens with zero attached hydrogens (tertiary/aromatic N) is 4. The molecule has 3 rings (SSSR count). The Balaban J connectivity index is 1.63. The minimum atomic E-state index is -0.168. The first-order valence-corrected chi connectivity index (χ1v) is 8.37. The summed E-state index contributed by atoms with van der Waals surface area (Å²) in [6, 6.07) is 9.98. The van der Waals surface area contributed by atoms with Crippen molar-refractivity contribution in [3.8, 4) is 11.9 Å². The van der Waals surface area contributed by atoms with Crippen LogP contribution in [0.15, 0.2) is 36.7 Å². The van der Waals surface area contributed by atoms with Gasteiger partial charge in [-0.2, -0.15) is 5.26 Å². The molecule has 1 fully saturated rings. The monoisotopic (exact) mass is 336 g/mol.